The molecule has 0 spiro atoms. The molecular weight excluding hydrogens is 282 g/mol. The predicted octanol–water partition coefficient (Wildman–Crippen LogP) is 0.168. The smallest absolute Gasteiger partial charge is 0.267 e. The number of primary sulfonamides is 1. The number of hydrogen-bond acceptors (Lipinski definition) is 4. The van der Waals surface area contributed by atoms with E-state index in [1.165, 1.54) is 12.3 Å². The molecule has 0 aliphatic heterocycles. The minimum Gasteiger partial charge on any atom is -0.384 e. The van der Waals surface area contributed by atoms with Crippen LogP contribution in [0.4, 0.5) is 0 Å². The topological polar surface area (TPSA) is 103 Å². The van der Waals surface area contributed by atoms with E-state index in [2.05, 4.69) is 5.32 Å². The van der Waals surface area contributed by atoms with Gasteiger partial charge in [-0.25, -0.2) is 13.6 Å². The molecule has 1 atom stereocenters. The fourth-order valence-corrected chi connectivity index (χ4v) is 2.34. The number of ether oxygens (including phenoxy) is 1. The normalized spacial score (nSPS) is 13.2. The molecule has 7 nitrogen and oxygen atoms in total. The van der Waals surface area contributed by atoms with Crippen molar-refractivity contribution in [2.24, 2.45) is 11.1 Å². The van der Waals surface area contributed by atoms with Gasteiger partial charge in [-0.15, -0.1) is 0 Å². The molecule has 0 fully saturated rings. The maximum absolute atomic E-state index is 12.1. The van der Waals surface area contributed by atoms with Crippen molar-refractivity contribution >= 4 is 15.9 Å². The van der Waals surface area contributed by atoms with Gasteiger partial charge in [0.05, 0.1) is 6.61 Å². The maximum atomic E-state index is 12.1. The van der Waals surface area contributed by atoms with Crippen LogP contribution in [-0.4, -0.2) is 39.2 Å². The number of hydrogen-bond donors (Lipinski definition) is 2. The van der Waals surface area contributed by atoms with E-state index in [4.69, 9.17) is 9.88 Å². The van der Waals surface area contributed by atoms with E-state index in [1.54, 1.807) is 11.7 Å². The first-order valence-electron chi connectivity index (χ1n) is 6.29. The van der Waals surface area contributed by atoms with Gasteiger partial charge < -0.3 is 14.6 Å². The summed E-state index contributed by atoms with van der Waals surface area (Å²) in [5.74, 6) is -0.156. The Morgan fingerprint density at radius 1 is 1.55 bits per heavy atom. The van der Waals surface area contributed by atoms with Crippen LogP contribution in [0.25, 0.3) is 0 Å². The fraction of sp³-hybridized carbons (Fsp3) is 0.583. The Hall–Kier alpha value is -1.38. The first-order chi connectivity index (χ1) is 9.29. The van der Waals surface area contributed by atoms with E-state index in [-0.39, 0.29) is 22.4 Å². The minimum absolute atomic E-state index is 0.0607. The third-order valence-electron chi connectivity index (χ3n) is 2.84. The molecule has 0 bridgehead atoms. The van der Waals surface area contributed by atoms with Crippen molar-refractivity contribution in [1.29, 1.82) is 0 Å². The highest BCUT2D eigenvalue weighted by molar-refractivity contribution is 7.89. The van der Waals surface area contributed by atoms with Crippen molar-refractivity contribution in [3.8, 4) is 0 Å². The highest BCUT2D eigenvalue weighted by Crippen LogP contribution is 2.13. The number of nitrogens with zero attached hydrogens (tertiary/aromatic N) is 1. The van der Waals surface area contributed by atoms with Crippen LogP contribution in [0.1, 0.15) is 24.3 Å². The summed E-state index contributed by atoms with van der Waals surface area (Å²) in [6.45, 7) is 5.23. The largest absolute Gasteiger partial charge is 0.384 e. The monoisotopic (exact) mass is 303 g/mol. The zero-order chi connectivity index (χ0) is 15.3. The van der Waals surface area contributed by atoms with Crippen LogP contribution in [0.5, 0.6) is 0 Å². The molecule has 20 heavy (non-hydrogen) atoms. The molecular formula is C12H21N3O4S. The van der Waals surface area contributed by atoms with Crippen molar-refractivity contribution in [1.82, 2.24) is 9.88 Å². The predicted molar refractivity (Wildman–Crippen MR) is 74.9 cm³/mol. The Morgan fingerprint density at radius 3 is 2.70 bits per heavy atom. The van der Waals surface area contributed by atoms with Gasteiger partial charge in [0.1, 0.15) is 10.6 Å². The summed E-state index contributed by atoms with van der Waals surface area (Å²) in [7, 11) is -2.21. The average Bonchev–Trinajstić information content (AvgIpc) is 2.80. The summed E-state index contributed by atoms with van der Waals surface area (Å²) in [6, 6.07) is 1.29. The van der Waals surface area contributed by atoms with Gasteiger partial charge in [0, 0.05) is 26.4 Å². The summed E-state index contributed by atoms with van der Waals surface area (Å²) in [5.41, 5.74) is 0.279. The average molecular weight is 303 g/mol. The molecule has 1 aromatic rings. The van der Waals surface area contributed by atoms with Crippen LogP contribution in [-0.2, 0) is 21.3 Å². The Kier molecular flexibility index (Phi) is 5.73. The van der Waals surface area contributed by atoms with E-state index in [9.17, 15) is 13.2 Å². The highest BCUT2D eigenvalue weighted by atomic mass is 32.2. The zero-order valence-electron chi connectivity index (χ0n) is 11.9. The van der Waals surface area contributed by atoms with Crippen LogP contribution < -0.4 is 10.5 Å². The molecule has 1 amide bonds. The zero-order valence-corrected chi connectivity index (χ0v) is 12.7. The molecule has 0 aromatic carbocycles. The molecule has 1 heterocycles. The number of aromatic nitrogens is 1. The van der Waals surface area contributed by atoms with Gasteiger partial charge >= 0.3 is 0 Å². The number of nitrogens with one attached hydrogen (secondary N) is 1. The van der Waals surface area contributed by atoms with Crippen molar-refractivity contribution in [3.63, 3.8) is 0 Å². The highest BCUT2D eigenvalue weighted by Gasteiger charge is 2.18. The second-order valence-electron chi connectivity index (χ2n) is 4.66. The maximum Gasteiger partial charge on any atom is 0.267 e. The first-order valence-corrected chi connectivity index (χ1v) is 7.84. The Balaban J connectivity index is 2.85. The van der Waals surface area contributed by atoms with Gasteiger partial charge in [-0.3, -0.25) is 4.79 Å². The lowest BCUT2D eigenvalue weighted by Crippen LogP contribution is -2.31. The number of rotatable bonds is 7. The van der Waals surface area contributed by atoms with Gasteiger partial charge in [-0.05, 0) is 18.9 Å². The molecule has 0 aliphatic carbocycles. The second kappa shape index (κ2) is 6.87. The number of aryl methyl sites for hydroxylation is 1. The van der Waals surface area contributed by atoms with Crippen molar-refractivity contribution in [2.75, 3.05) is 20.3 Å². The fourth-order valence-electron chi connectivity index (χ4n) is 1.79. The molecule has 0 saturated carbocycles. The molecule has 114 valence electrons. The van der Waals surface area contributed by atoms with Crippen LogP contribution in [0.15, 0.2) is 17.2 Å². The van der Waals surface area contributed by atoms with E-state index in [0.717, 1.165) is 0 Å². The van der Waals surface area contributed by atoms with Gasteiger partial charge in [-0.1, -0.05) is 6.92 Å². The first kappa shape index (κ1) is 16.7. The van der Waals surface area contributed by atoms with Crippen LogP contribution in [0.3, 0.4) is 0 Å². The van der Waals surface area contributed by atoms with Gasteiger partial charge in [0.15, 0.2) is 0 Å². The summed E-state index contributed by atoms with van der Waals surface area (Å²) >= 11 is 0. The van der Waals surface area contributed by atoms with Crippen molar-refractivity contribution in [2.45, 2.75) is 25.3 Å². The van der Waals surface area contributed by atoms with Crippen molar-refractivity contribution < 1.29 is 17.9 Å². The number of sulfonamides is 1. The third-order valence-corrected chi connectivity index (χ3v) is 3.72. The molecule has 0 radical (unpaired) electrons. The Morgan fingerprint density at radius 2 is 2.20 bits per heavy atom. The van der Waals surface area contributed by atoms with Crippen LogP contribution in [0, 0.1) is 5.92 Å². The minimum atomic E-state index is -3.81. The quantitative estimate of drug-likeness (QED) is 0.749. The molecule has 0 saturated heterocycles. The lowest BCUT2D eigenvalue weighted by molar-refractivity contribution is 0.0925. The van der Waals surface area contributed by atoms with Crippen LogP contribution >= 0.6 is 0 Å². The van der Waals surface area contributed by atoms with E-state index >= 15 is 0 Å². The summed E-state index contributed by atoms with van der Waals surface area (Å²) in [5, 5.41) is 7.81. The second-order valence-corrected chi connectivity index (χ2v) is 6.22. The standard InChI is InChI=1S/C12H21N3O4S/c1-4-15-7-10(20(13,17)18)5-11(15)12(16)14-6-9(2)8-19-3/h5,7,9H,4,6,8H2,1-3H3,(H,14,16)(H2,13,17,18). The lowest BCUT2D eigenvalue weighted by Gasteiger charge is -2.12. The molecule has 0 aliphatic rings. The number of carbonyl (C=O) groups is 1. The van der Waals surface area contributed by atoms with E-state index < -0.39 is 10.0 Å². The number of carbonyl (C=O) groups excluding carboxylic acids is 1. The molecule has 1 unspecified atom stereocenters. The summed E-state index contributed by atoms with van der Waals surface area (Å²) in [4.78, 5) is 12.0. The van der Waals surface area contributed by atoms with Gasteiger partial charge in [0.25, 0.3) is 5.91 Å². The molecule has 8 heteroatoms. The van der Waals surface area contributed by atoms with E-state index in [1.807, 2.05) is 13.8 Å². The number of amides is 1. The molecule has 1 aromatic heterocycles. The van der Waals surface area contributed by atoms with Crippen LogP contribution in [0.2, 0.25) is 0 Å². The Bertz CT molecular complexity index is 565. The summed E-state index contributed by atoms with van der Waals surface area (Å²) in [6.07, 6.45) is 1.36. The van der Waals surface area contributed by atoms with Gasteiger partial charge in [-0.2, -0.15) is 0 Å². The van der Waals surface area contributed by atoms with Crippen molar-refractivity contribution in [3.05, 3.63) is 18.0 Å². The number of nitrogens with two attached hydrogens (primary N) is 1. The molecule has 3 N–H and O–H groups in total. The lowest BCUT2D eigenvalue weighted by atomic mass is 10.2. The van der Waals surface area contributed by atoms with E-state index in [0.29, 0.717) is 19.7 Å². The number of methoxy groups -OCH3 is 1. The summed E-state index contributed by atoms with van der Waals surface area (Å²) < 4.78 is 29.1. The molecule has 1 rings (SSSR count). The van der Waals surface area contributed by atoms with Gasteiger partial charge in [0.2, 0.25) is 10.0 Å². The Labute approximate surface area is 119 Å². The third kappa shape index (κ3) is 4.32. The SMILES string of the molecule is CCn1cc(S(N)(=O)=O)cc1C(=O)NCC(C)COC.